The fraction of sp³-hybridized carbons (Fsp3) is 0.333. The molecular weight excluding hydrogens is 402 g/mol. The van der Waals surface area contributed by atoms with Crippen molar-refractivity contribution in [2.24, 2.45) is 5.92 Å². The average Bonchev–Trinajstić information content (AvgIpc) is 3.28. The normalized spacial score (nSPS) is 13.0. The Morgan fingerprint density at radius 1 is 1.19 bits per heavy atom. The van der Waals surface area contributed by atoms with Crippen LogP contribution in [-0.2, 0) is 5.41 Å². The third-order valence-corrected chi connectivity index (χ3v) is 5.80. The van der Waals surface area contributed by atoms with Crippen molar-refractivity contribution in [3.63, 3.8) is 0 Å². The van der Waals surface area contributed by atoms with Crippen LogP contribution < -0.4 is 4.74 Å². The van der Waals surface area contributed by atoms with E-state index >= 15 is 0 Å². The number of carboxylic acid groups (broad SMARTS) is 1. The van der Waals surface area contributed by atoms with Crippen LogP contribution >= 0.6 is 0 Å². The van der Waals surface area contributed by atoms with Gasteiger partial charge in [-0.25, -0.2) is 4.79 Å². The molecule has 2 aromatic carbocycles. The summed E-state index contributed by atoms with van der Waals surface area (Å²) in [6, 6.07) is 14.6. The maximum Gasteiger partial charge on any atom is 0.335 e. The lowest BCUT2D eigenvalue weighted by Gasteiger charge is -2.30. The first-order chi connectivity index (χ1) is 15.3. The SMILES string of the molecule is C=CCC(C)(CC)c1cc(-c2cc(-c3ccc(C(=O)O)cc3)on2)ccc1OCC(C)C. The Hall–Kier alpha value is -3.34. The predicted octanol–water partition coefficient (Wildman–Crippen LogP) is 6.99. The van der Waals surface area contributed by atoms with Gasteiger partial charge in [0.2, 0.25) is 0 Å². The molecule has 3 aromatic rings. The first-order valence-electron chi connectivity index (χ1n) is 11.0. The summed E-state index contributed by atoms with van der Waals surface area (Å²) in [5, 5.41) is 13.4. The molecule has 32 heavy (non-hydrogen) atoms. The number of aromatic nitrogens is 1. The van der Waals surface area contributed by atoms with Crippen molar-refractivity contribution in [2.45, 2.75) is 46.0 Å². The molecule has 5 heteroatoms. The third-order valence-electron chi connectivity index (χ3n) is 5.80. The third kappa shape index (κ3) is 5.10. The van der Waals surface area contributed by atoms with Crippen LogP contribution in [0.1, 0.15) is 56.5 Å². The lowest BCUT2D eigenvalue weighted by Crippen LogP contribution is -2.22. The van der Waals surface area contributed by atoms with Crippen LogP contribution in [0.5, 0.6) is 5.75 Å². The van der Waals surface area contributed by atoms with Gasteiger partial charge in [0.25, 0.3) is 0 Å². The number of carbonyl (C=O) groups is 1. The summed E-state index contributed by atoms with van der Waals surface area (Å²) in [7, 11) is 0. The van der Waals surface area contributed by atoms with Gasteiger partial charge in [-0.1, -0.05) is 51.1 Å². The highest BCUT2D eigenvalue weighted by molar-refractivity contribution is 5.88. The summed E-state index contributed by atoms with van der Waals surface area (Å²) < 4.78 is 11.7. The van der Waals surface area contributed by atoms with Gasteiger partial charge < -0.3 is 14.4 Å². The van der Waals surface area contributed by atoms with E-state index in [-0.39, 0.29) is 11.0 Å². The van der Waals surface area contributed by atoms with E-state index in [9.17, 15) is 4.79 Å². The number of hydrogen-bond donors (Lipinski definition) is 1. The standard InChI is InChI=1S/C27H31NO4/c1-6-14-27(5,7-2)22-15-21(12-13-24(22)31-17-18(3)4)23-16-25(32-28-23)19-8-10-20(11-9-19)26(29)30/h6,8-13,15-16,18H,1,7,14,17H2,2-5H3,(H,29,30). The van der Waals surface area contributed by atoms with E-state index in [1.165, 1.54) is 0 Å². The van der Waals surface area contributed by atoms with Crippen molar-refractivity contribution >= 4 is 5.97 Å². The van der Waals surface area contributed by atoms with Gasteiger partial charge in [0.05, 0.1) is 12.2 Å². The second-order valence-corrected chi connectivity index (χ2v) is 8.78. The van der Waals surface area contributed by atoms with E-state index in [1.807, 2.05) is 24.3 Å². The van der Waals surface area contributed by atoms with E-state index in [0.717, 1.165) is 41.0 Å². The van der Waals surface area contributed by atoms with Gasteiger partial charge in [-0.2, -0.15) is 0 Å². The van der Waals surface area contributed by atoms with Crippen LogP contribution in [0, 0.1) is 5.92 Å². The molecule has 0 bridgehead atoms. The largest absolute Gasteiger partial charge is 0.493 e. The molecule has 0 saturated carbocycles. The molecule has 0 amide bonds. The van der Waals surface area contributed by atoms with Gasteiger partial charge >= 0.3 is 5.97 Å². The number of carboxylic acids is 1. The summed E-state index contributed by atoms with van der Waals surface area (Å²) in [5.41, 5.74) is 3.69. The summed E-state index contributed by atoms with van der Waals surface area (Å²) in [6.07, 6.45) is 3.74. The fourth-order valence-electron chi connectivity index (χ4n) is 3.63. The quantitative estimate of drug-likeness (QED) is 0.349. The molecule has 3 rings (SSSR count). The highest BCUT2D eigenvalue weighted by Crippen LogP contribution is 2.40. The molecule has 1 heterocycles. The molecule has 0 radical (unpaired) electrons. The average molecular weight is 434 g/mol. The number of rotatable bonds is 10. The number of ether oxygens (including phenoxy) is 1. The van der Waals surface area contributed by atoms with Crippen molar-refractivity contribution in [1.82, 2.24) is 5.16 Å². The smallest absolute Gasteiger partial charge is 0.335 e. The number of aromatic carboxylic acids is 1. The van der Waals surface area contributed by atoms with Crippen LogP contribution in [-0.4, -0.2) is 22.8 Å². The monoisotopic (exact) mass is 433 g/mol. The maximum absolute atomic E-state index is 11.1. The maximum atomic E-state index is 11.1. The topological polar surface area (TPSA) is 72.6 Å². The minimum absolute atomic E-state index is 0.108. The van der Waals surface area contributed by atoms with E-state index in [4.69, 9.17) is 14.4 Å². The van der Waals surface area contributed by atoms with Gasteiger partial charge in [-0.15, -0.1) is 6.58 Å². The zero-order valence-electron chi connectivity index (χ0n) is 19.2. The van der Waals surface area contributed by atoms with Crippen LogP contribution in [0.25, 0.3) is 22.6 Å². The molecule has 0 saturated heterocycles. The van der Waals surface area contributed by atoms with E-state index in [2.05, 4.69) is 45.5 Å². The van der Waals surface area contributed by atoms with Crippen molar-refractivity contribution in [3.8, 4) is 28.3 Å². The lowest BCUT2D eigenvalue weighted by atomic mass is 9.76. The molecule has 168 valence electrons. The Morgan fingerprint density at radius 2 is 1.88 bits per heavy atom. The number of nitrogens with zero attached hydrogens (tertiary/aromatic N) is 1. The molecule has 5 nitrogen and oxygen atoms in total. The first-order valence-corrected chi connectivity index (χ1v) is 11.0. The summed E-state index contributed by atoms with van der Waals surface area (Å²) in [4.78, 5) is 11.1. The second-order valence-electron chi connectivity index (χ2n) is 8.78. The number of hydrogen-bond acceptors (Lipinski definition) is 4. The van der Waals surface area contributed by atoms with Crippen molar-refractivity contribution < 1.29 is 19.2 Å². The number of allylic oxidation sites excluding steroid dienone is 1. The molecule has 0 aliphatic rings. The molecule has 0 spiro atoms. The van der Waals surface area contributed by atoms with Gasteiger partial charge in [-0.3, -0.25) is 0 Å². The Bertz CT molecular complexity index is 1080. The molecule has 0 aliphatic carbocycles. The minimum atomic E-state index is -0.958. The molecular formula is C27H31NO4. The van der Waals surface area contributed by atoms with Gasteiger partial charge in [-0.05, 0) is 54.5 Å². The van der Waals surface area contributed by atoms with Gasteiger partial charge in [0.1, 0.15) is 11.4 Å². The molecule has 1 aromatic heterocycles. The van der Waals surface area contributed by atoms with E-state index < -0.39 is 5.97 Å². The summed E-state index contributed by atoms with van der Waals surface area (Å²) in [5.74, 6) is 0.950. The zero-order valence-corrected chi connectivity index (χ0v) is 19.2. The predicted molar refractivity (Wildman–Crippen MR) is 127 cm³/mol. The highest BCUT2D eigenvalue weighted by Gasteiger charge is 2.28. The van der Waals surface area contributed by atoms with Crippen LogP contribution in [0.2, 0.25) is 0 Å². The molecule has 1 atom stereocenters. The molecule has 0 aliphatic heterocycles. The second kappa shape index (κ2) is 9.86. The van der Waals surface area contributed by atoms with Crippen LogP contribution in [0.15, 0.2) is 65.7 Å². The Morgan fingerprint density at radius 3 is 2.47 bits per heavy atom. The van der Waals surface area contributed by atoms with Crippen molar-refractivity contribution in [3.05, 3.63) is 72.3 Å². The van der Waals surface area contributed by atoms with E-state index in [0.29, 0.717) is 18.3 Å². The zero-order chi connectivity index (χ0) is 23.3. The van der Waals surface area contributed by atoms with Crippen molar-refractivity contribution in [1.29, 1.82) is 0 Å². The van der Waals surface area contributed by atoms with E-state index in [1.54, 1.807) is 24.3 Å². The molecule has 0 fully saturated rings. The van der Waals surface area contributed by atoms with Gasteiger partial charge in [0, 0.05) is 22.8 Å². The summed E-state index contributed by atoms with van der Waals surface area (Å²) in [6.45, 7) is 13.3. The number of benzene rings is 2. The Balaban J connectivity index is 1.98. The Labute approximate surface area is 189 Å². The van der Waals surface area contributed by atoms with Gasteiger partial charge in [0.15, 0.2) is 5.76 Å². The summed E-state index contributed by atoms with van der Waals surface area (Å²) >= 11 is 0. The fourth-order valence-corrected chi connectivity index (χ4v) is 3.63. The highest BCUT2D eigenvalue weighted by atomic mass is 16.5. The Kier molecular flexibility index (Phi) is 7.18. The van der Waals surface area contributed by atoms with Crippen LogP contribution in [0.3, 0.4) is 0 Å². The lowest BCUT2D eigenvalue weighted by molar-refractivity contribution is 0.0697. The molecule has 1 N–H and O–H groups in total. The van der Waals surface area contributed by atoms with Crippen LogP contribution in [0.4, 0.5) is 0 Å². The first kappa shape index (κ1) is 23.3. The van der Waals surface area contributed by atoms with Crippen molar-refractivity contribution in [2.75, 3.05) is 6.61 Å². The molecule has 1 unspecified atom stereocenters. The minimum Gasteiger partial charge on any atom is -0.493 e.